The number of hydrogen-bond acceptors (Lipinski definition) is 2. The van der Waals surface area contributed by atoms with Crippen LogP contribution in [0.25, 0.3) is 5.57 Å². The Bertz CT molecular complexity index is 337. The lowest BCUT2D eigenvalue weighted by Gasteiger charge is -2.15. The van der Waals surface area contributed by atoms with Crippen LogP contribution in [0.1, 0.15) is 17.5 Å². The summed E-state index contributed by atoms with van der Waals surface area (Å²) in [5.41, 5.74) is 4.07. The van der Waals surface area contributed by atoms with E-state index in [-0.39, 0.29) is 24.8 Å². The molecule has 2 rings (SSSR count). The van der Waals surface area contributed by atoms with Gasteiger partial charge < -0.3 is 5.32 Å². The van der Waals surface area contributed by atoms with E-state index in [0.29, 0.717) is 0 Å². The number of pyridine rings is 1. The van der Waals surface area contributed by atoms with Crippen molar-refractivity contribution in [2.24, 2.45) is 0 Å². The quantitative estimate of drug-likeness (QED) is 0.825. The summed E-state index contributed by atoms with van der Waals surface area (Å²) in [4.78, 5) is 4.16. The molecule has 0 unspecified atom stereocenters. The second kappa shape index (κ2) is 6.83. The van der Waals surface area contributed by atoms with Crippen LogP contribution < -0.4 is 5.32 Å². The molecule has 1 aromatic rings. The van der Waals surface area contributed by atoms with Crippen LogP contribution >= 0.6 is 24.8 Å². The predicted octanol–water partition coefficient (Wildman–Crippen LogP) is 2.61. The molecule has 15 heavy (non-hydrogen) atoms. The lowest BCUT2D eigenvalue weighted by molar-refractivity contribution is 0.738. The normalized spacial score (nSPS) is 14.6. The van der Waals surface area contributed by atoms with Crippen molar-refractivity contribution in [3.05, 3.63) is 35.7 Å². The van der Waals surface area contributed by atoms with Crippen LogP contribution in [0.3, 0.4) is 0 Å². The van der Waals surface area contributed by atoms with E-state index in [1.165, 1.54) is 16.7 Å². The lowest BCUT2D eigenvalue weighted by atomic mass is 9.98. The SMILES string of the molecule is Cc1ccncc1C1=CCNCC1.Cl.Cl. The van der Waals surface area contributed by atoms with Crippen LogP contribution in [0, 0.1) is 6.92 Å². The Balaban J connectivity index is 0.000000980. The molecule has 1 aliphatic rings. The summed E-state index contributed by atoms with van der Waals surface area (Å²) in [6, 6.07) is 2.07. The Hall–Kier alpha value is -0.570. The molecule has 0 bridgehead atoms. The molecular formula is C11H16Cl2N2. The molecule has 0 atom stereocenters. The maximum atomic E-state index is 4.16. The smallest absolute Gasteiger partial charge is 0.0345 e. The van der Waals surface area contributed by atoms with Gasteiger partial charge in [0.15, 0.2) is 0 Å². The summed E-state index contributed by atoms with van der Waals surface area (Å²) in [6.07, 6.45) is 7.19. The largest absolute Gasteiger partial charge is 0.313 e. The molecule has 0 spiro atoms. The minimum Gasteiger partial charge on any atom is -0.313 e. The van der Waals surface area contributed by atoms with Gasteiger partial charge in [0, 0.05) is 18.9 Å². The van der Waals surface area contributed by atoms with Crippen LogP contribution in [0.5, 0.6) is 0 Å². The van der Waals surface area contributed by atoms with Gasteiger partial charge in [-0.25, -0.2) is 0 Å². The molecule has 1 N–H and O–H groups in total. The van der Waals surface area contributed by atoms with E-state index in [2.05, 4.69) is 29.4 Å². The average Bonchev–Trinajstić information content (AvgIpc) is 2.20. The minimum absolute atomic E-state index is 0. The minimum atomic E-state index is 0. The van der Waals surface area contributed by atoms with Gasteiger partial charge in [0.1, 0.15) is 0 Å². The predicted molar refractivity (Wildman–Crippen MR) is 68.9 cm³/mol. The van der Waals surface area contributed by atoms with E-state index in [4.69, 9.17) is 0 Å². The van der Waals surface area contributed by atoms with Gasteiger partial charge in [0.2, 0.25) is 0 Å². The third-order valence-electron chi connectivity index (χ3n) is 2.45. The lowest BCUT2D eigenvalue weighted by Crippen LogP contribution is -2.20. The van der Waals surface area contributed by atoms with Crippen molar-refractivity contribution in [2.75, 3.05) is 13.1 Å². The Labute approximate surface area is 103 Å². The van der Waals surface area contributed by atoms with Crippen molar-refractivity contribution in [3.63, 3.8) is 0 Å². The Kier molecular flexibility index (Phi) is 6.57. The van der Waals surface area contributed by atoms with Gasteiger partial charge in [-0.05, 0) is 42.7 Å². The second-order valence-corrected chi connectivity index (χ2v) is 3.37. The number of halogens is 2. The molecule has 0 amide bonds. The number of nitrogens with one attached hydrogen (secondary N) is 1. The first kappa shape index (κ1) is 14.4. The third kappa shape index (κ3) is 3.49. The zero-order valence-electron chi connectivity index (χ0n) is 8.69. The molecule has 0 aliphatic carbocycles. The van der Waals surface area contributed by atoms with Gasteiger partial charge in [-0.1, -0.05) is 6.08 Å². The Morgan fingerprint density at radius 3 is 2.73 bits per heavy atom. The fourth-order valence-corrected chi connectivity index (χ4v) is 1.67. The summed E-state index contributed by atoms with van der Waals surface area (Å²) in [5.74, 6) is 0. The van der Waals surface area contributed by atoms with Gasteiger partial charge in [0.25, 0.3) is 0 Å². The molecule has 0 aromatic carbocycles. The number of rotatable bonds is 1. The first-order valence-corrected chi connectivity index (χ1v) is 4.68. The number of hydrogen-bond donors (Lipinski definition) is 1. The molecule has 84 valence electrons. The van der Waals surface area contributed by atoms with Crippen molar-refractivity contribution >= 4 is 30.4 Å². The zero-order valence-corrected chi connectivity index (χ0v) is 10.3. The first-order valence-electron chi connectivity index (χ1n) is 4.68. The van der Waals surface area contributed by atoms with Gasteiger partial charge in [-0.15, -0.1) is 24.8 Å². The molecular weight excluding hydrogens is 231 g/mol. The van der Waals surface area contributed by atoms with Crippen molar-refractivity contribution in [3.8, 4) is 0 Å². The zero-order chi connectivity index (χ0) is 9.10. The average molecular weight is 247 g/mol. The molecule has 1 aliphatic heterocycles. The van der Waals surface area contributed by atoms with Crippen LogP contribution in [0.15, 0.2) is 24.5 Å². The number of aryl methyl sites for hydroxylation is 1. The van der Waals surface area contributed by atoms with Gasteiger partial charge >= 0.3 is 0 Å². The van der Waals surface area contributed by atoms with Crippen LogP contribution in [-0.4, -0.2) is 18.1 Å². The first-order chi connectivity index (χ1) is 6.38. The van der Waals surface area contributed by atoms with Crippen molar-refractivity contribution in [1.82, 2.24) is 10.3 Å². The summed E-state index contributed by atoms with van der Waals surface area (Å²) < 4.78 is 0. The van der Waals surface area contributed by atoms with Crippen LogP contribution in [0.2, 0.25) is 0 Å². The highest BCUT2D eigenvalue weighted by Gasteiger charge is 2.07. The molecule has 0 fully saturated rings. The summed E-state index contributed by atoms with van der Waals surface area (Å²) >= 11 is 0. The summed E-state index contributed by atoms with van der Waals surface area (Å²) in [7, 11) is 0. The molecule has 0 saturated heterocycles. The van der Waals surface area contributed by atoms with Gasteiger partial charge in [-0.2, -0.15) is 0 Å². The van der Waals surface area contributed by atoms with E-state index in [1.807, 2.05) is 12.4 Å². The Morgan fingerprint density at radius 2 is 2.13 bits per heavy atom. The van der Waals surface area contributed by atoms with Gasteiger partial charge in [-0.3, -0.25) is 4.98 Å². The maximum absolute atomic E-state index is 4.16. The molecule has 0 radical (unpaired) electrons. The van der Waals surface area contributed by atoms with Crippen LogP contribution in [0.4, 0.5) is 0 Å². The number of nitrogens with zero attached hydrogens (tertiary/aromatic N) is 1. The highest BCUT2D eigenvalue weighted by molar-refractivity contribution is 5.85. The van der Waals surface area contributed by atoms with E-state index >= 15 is 0 Å². The van der Waals surface area contributed by atoms with Crippen molar-refractivity contribution in [2.45, 2.75) is 13.3 Å². The van der Waals surface area contributed by atoms with Crippen molar-refractivity contribution < 1.29 is 0 Å². The molecule has 4 heteroatoms. The maximum Gasteiger partial charge on any atom is 0.0345 e. The van der Waals surface area contributed by atoms with Gasteiger partial charge in [0.05, 0.1) is 0 Å². The monoisotopic (exact) mass is 246 g/mol. The molecule has 2 nitrogen and oxygen atoms in total. The third-order valence-corrected chi connectivity index (χ3v) is 2.45. The standard InChI is InChI=1S/C11H14N2.2ClH/c1-9-2-5-13-8-11(9)10-3-6-12-7-4-10;;/h2-3,5,8,12H,4,6-7H2,1H3;2*1H. The summed E-state index contributed by atoms with van der Waals surface area (Å²) in [6.45, 7) is 4.21. The molecule has 0 saturated carbocycles. The van der Waals surface area contributed by atoms with E-state index in [9.17, 15) is 0 Å². The van der Waals surface area contributed by atoms with E-state index in [1.54, 1.807) is 0 Å². The number of aromatic nitrogens is 1. The highest BCUT2D eigenvalue weighted by atomic mass is 35.5. The fourth-order valence-electron chi connectivity index (χ4n) is 1.67. The van der Waals surface area contributed by atoms with Crippen LogP contribution in [-0.2, 0) is 0 Å². The fraction of sp³-hybridized carbons (Fsp3) is 0.364. The second-order valence-electron chi connectivity index (χ2n) is 3.37. The Morgan fingerprint density at radius 1 is 1.33 bits per heavy atom. The van der Waals surface area contributed by atoms with E-state index < -0.39 is 0 Å². The highest BCUT2D eigenvalue weighted by Crippen LogP contribution is 2.21. The van der Waals surface area contributed by atoms with E-state index in [0.717, 1.165) is 19.5 Å². The summed E-state index contributed by atoms with van der Waals surface area (Å²) in [5, 5.41) is 3.31. The molecule has 1 aromatic heterocycles. The topological polar surface area (TPSA) is 24.9 Å². The van der Waals surface area contributed by atoms with Crippen molar-refractivity contribution in [1.29, 1.82) is 0 Å². The molecule has 2 heterocycles.